The average Bonchev–Trinajstić information content (AvgIpc) is 3.41. The molecule has 1 N–H and O–H groups in total. The third-order valence-electron chi connectivity index (χ3n) is 5.88. The van der Waals surface area contributed by atoms with Crippen LogP contribution in [-0.4, -0.2) is 33.9 Å². The molecule has 5 nitrogen and oxygen atoms in total. The summed E-state index contributed by atoms with van der Waals surface area (Å²) < 4.78 is 0. The van der Waals surface area contributed by atoms with Crippen molar-refractivity contribution in [1.29, 1.82) is 0 Å². The molecule has 27 heavy (non-hydrogen) atoms. The lowest BCUT2D eigenvalue weighted by molar-refractivity contribution is -0.126. The molecule has 2 aromatic rings. The summed E-state index contributed by atoms with van der Waals surface area (Å²) in [5.41, 5.74) is 1.25. The lowest BCUT2D eigenvalue weighted by Gasteiger charge is -2.37. The fraction of sp³-hybridized carbons (Fsp3) is 0.571. The van der Waals surface area contributed by atoms with E-state index in [0.717, 1.165) is 50.3 Å². The predicted molar refractivity (Wildman–Crippen MR) is 107 cm³/mol. The number of nitrogens with one attached hydrogen (secondary N) is 1. The fourth-order valence-electron chi connectivity index (χ4n) is 4.49. The molecule has 2 aromatic heterocycles. The highest BCUT2D eigenvalue weighted by atomic mass is 32.1. The van der Waals surface area contributed by atoms with Gasteiger partial charge in [-0.3, -0.25) is 14.7 Å². The van der Waals surface area contributed by atoms with Gasteiger partial charge in [-0.25, -0.2) is 4.98 Å². The minimum absolute atomic E-state index is 0.0369. The number of rotatable bonds is 6. The molecular formula is C21H28N4OS. The van der Waals surface area contributed by atoms with Crippen molar-refractivity contribution in [2.75, 3.05) is 13.1 Å². The van der Waals surface area contributed by atoms with E-state index in [9.17, 15) is 4.79 Å². The Morgan fingerprint density at radius 1 is 1.26 bits per heavy atom. The van der Waals surface area contributed by atoms with Crippen molar-refractivity contribution in [3.8, 4) is 0 Å². The number of carbonyl (C=O) groups excluding carboxylic acids is 1. The minimum Gasteiger partial charge on any atom is -0.346 e. The Labute approximate surface area is 165 Å². The SMILES string of the molecule is O=C(N[C@H](c1nccs1)[C@H]1CCCN(Cc2cccnc2)C1)C1CCCC1. The molecule has 2 fully saturated rings. The fourth-order valence-corrected chi connectivity index (χ4v) is 5.27. The van der Waals surface area contributed by atoms with E-state index in [4.69, 9.17) is 0 Å². The quantitative estimate of drug-likeness (QED) is 0.823. The third kappa shape index (κ3) is 4.74. The molecule has 1 saturated heterocycles. The van der Waals surface area contributed by atoms with Gasteiger partial charge in [-0.1, -0.05) is 18.9 Å². The van der Waals surface area contributed by atoms with Gasteiger partial charge in [0.1, 0.15) is 5.01 Å². The van der Waals surface area contributed by atoms with E-state index in [1.807, 2.05) is 30.0 Å². The lowest BCUT2D eigenvalue weighted by atomic mass is 9.90. The molecule has 2 aliphatic rings. The molecule has 0 radical (unpaired) electrons. The largest absolute Gasteiger partial charge is 0.346 e. The van der Waals surface area contributed by atoms with Crippen molar-refractivity contribution in [3.63, 3.8) is 0 Å². The molecule has 1 saturated carbocycles. The van der Waals surface area contributed by atoms with Gasteiger partial charge in [-0.15, -0.1) is 11.3 Å². The van der Waals surface area contributed by atoms with Crippen LogP contribution in [0.4, 0.5) is 0 Å². The Hall–Kier alpha value is -1.79. The van der Waals surface area contributed by atoms with Crippen LogP contribution in [0.1, 0.15) is 55.1 Å². The molecule has 1 aliphatic heterocycles. The summed E-state index contributed by atoms with van der Waals surface area (Å²) in [6.45, 7) is 3.02. The van der Waals surface area contributed by atoms with E-state index in [0.29, 0.717) is 5.92 Å². The van der Waals surface area contributed by atoms with Crippen LogP contribution in [0.25, 0.3) is 0 Å². The monoisotopic (exact) mass is 384 g/mol. The van der Waals surface area contributed by atoms with Crippen molar-refractivity contribution < 1.29 is 4.79 Å². The molecule has 3 heterocycles. The molecule has 144 valence electrons. The highest BCUT2D eigenvalue weighted by Crippen LogP contribution is 2.33. The first-order valence-electron chi connectivity index (χ1n) is 10.1. The zero-order valence-electron chi connectivity index (χ0n) is 15.7. The van der Waals surface area contributed by atoms with Crippen LogP contribution < -0.4 is 5.32 Å². The maximum Gasteiger partial charge on any atom is 0.223 e. The lowest BCUT2D eigenvalue weighted by Crippen LogP contribution is -2.43. The molecular weight excluding hydrogens is 356 g/mol. The molecule has 0 spiro atoms. The Bertz CT molecular complexity index is 715. The van der Waals surface area contributed by atoms with Crippen molar-refractivity contribution in [1.82, 2.24) is 20.2 Å². The summed E-state index contributed by atoms with van der Waals surface area (Å²) in [6.07, 6.45) is 12.4. The molecule has 0 aromatic carbocycles. The number of piperidine rings is 1. The number of pyridine rings is 1. The first-order valence-corrected chi connectivity index (χ1v) is 11.0. The second-order valence-electron chi connectivity index (χ2n) is 7.84. The standard InChI is InChI=1S/C21H28N4OS/c26-20(17-6-1-2-7-17)24-19(21-23-10-12-27-21)18-8-4-11-25(15-18)14-16-5-3-9-22-13-16/h3,5,9-10,12-13,17-19H,1-2,4,6-8,11,14-15H2,(H,24,26)/t18-,19-/m0/s1. The van der Waals surface area contributed by atoms with Gasteiger partial charge < -0.3 is 5.32 Å². The van der Waals surface area contributed by atoms with E-state index in [2.05, 4.69) is 26.3 Å². The highest BCUT2D eigenvalue weighted by molar-refractivity contribution is 7.09. The number of carbonyl (C=O) groups is 1. The van der Waals surface area contributed by atoms with E-state index < -0.39 is 0 Å². The molecule has 2 atom stereocenters. The van der Waals surface area contributed by atoms with Gasteiger partial charge in [-0.2, -0.15) is 0 Å². The molecule has 4 rings (SSSR count). The number of hydrogen-bond donors (Lipinski definition) is 1. The number of thiazole rings is 1. The topological polar surface area (TPSA) is 58.1 Å². The molecule has 0 unspecified atom stereocenters. The predicted octanol–water partition coefficient (Wildman–Crippen LogP) is 3.80. The van der Waals surface area contributed by atoms with Gasteiger partial charge in [0.15, 0.2) is 0 Å². The molecule has 1 amide bonds. The van der Waals surface area contributed by atoms with Crippen LogP contribution in [0.15, 0.2) is 36.1 Å². The van der Waals surface area contributed by atoms with Crippen LogP contribution in [-0.2, 0) is 11.3 Å². The van der Waals surface area contributed by atoms with Crippen LogP contribution in [0.2, 0.25) is 0 Å². The van der Waals surface area contributed by atoms with E-state index in [1.54, 1.807) is 11.3 Å². The smallest absolute Gasteiger partial charge is 0.223 e. The van der Waals surface area contributed by atoms with Gasteiger partial charge in [0, 0.05) is 43.0 Å². The zero-order valence-corrected chi connectivity index (χ0v) is 16.5. The number of likely N-dealkylation sites (tertiary alicyclic amines) is 1. The zero-order chi connectivity index (χ0) is 18.5. The Kier molecular flexibility index (Phi) is 6.14. The maximum absolute atomic E-state index is 12.8. The van der Waals surface area contributed by atoms with E-state index in [1.165, 1.54) is 18.4 Å². The third-order valence-corrected chi connectivity index (χ3v) is 6.74. The van der Waals surface area contributed by atoms with E-state index >= 15 is 0 Å². The first-order chi connectivity index (χ1) is 13.3. The first kappa shape index (κ1) is 18.6. The average molecular weight is 385 g/mol. The summed E-state index contributed by atoms with van der Waals surface area (Å²) in [7, 11) is 0. The van der Waals surface area contributed by atoms with Crippen molar-refractivity contribution in [2.24, 2.45) is 11.8 Å². The number of hydrogen-bond acceptors (Lipinski definition) is 5. The van der Waals surface area contributed by atoms with Gasteiger partial charge in [-0.05, 0) is 49.8 Å². The number of aromatic nitrogens is 2. The summed E-state index contributed by atoms with van der Waals surface area (Å²) in [4.78, 5) is 24.1. The highest BCUT2D eigenvalue weighted by Gasteiger charge is 2.33. The van der Waals surface area contributed by atoms with Gasteiger partial charge >= 0.3 is 0 Å². The van der Waals surface area contributed by atoms with Gasteiger partial charge in [0.25, 0.3) is 0 Å². The van der Waals surface area contributed by atoms with Crippen LogP contribution in [0, 0.1) is 11.8 Å². The Morgan fingerprint density at radius 3 is 2.89 bits per heavy atom. The van der Waals surface area contributed by atoms with Gasteiger partial charge in [0.05, 0.1) is 6.04 Å². The second kappa shape index (κ2) is 8.93. The molecule has 6 heteroatoms. The number of nitrogens with zero attached hydrogens (tertiary/aromatic N) is 3. The summed E-state index contributed by atoms with van der Waals surface area (Å²) >= 11 is 1.66. The van der Waals surface area contributed by atoms with Crippen LogP contribution >= 0.6 is 11.3 Å². The minimum atomic E-state index is 0.0369. The summed E-state index contributed by atoms with van der Waals surface area (Å²) in [6, 6.07) is 4.17. The van der Waals surface area contributed by atoms with Gasteiger partial charge in [0.2, 0.25) is 5.91 Å². The van der Waals surface area contributed by atoms with Crippen molar-refractivity contribution in [3.05, 3.63) is 46.7 Å². The number of amides is 1. The van der Waals surface area contributed by atoms with E-state index in [-0.39, 0.29) is 17.9 Å². The molecule has 0 bridgehead atoms. The summed E-state index contributed by atoms with van der Waals surface area (Å²) in [5.74, 6) is 0.839. The molecule has 1 aliphatic carbocycles. The summed E-state index contributed by atoms with van der Waals surface area (Å²) in [5, 5.41) is 6.45. The Balaban J connectivity index is 1.45. The van der Waals surface area contributed by atoms with Crippen LogP contribution in [0.3, 0.4) is 0 Å². The maximum atomic E-state index is 12.8. The van der Waals surface area contributed by atoms with Crippen LogP contribution in [0.5, 0.6) is 0 Å². The normalized spacial score (nSPS) is 22.6. The second-order valence-corrected chi connectivity index (χ2v) is 8.76. The Morgan fingerprint density at radius 2 is 2.15 bits per heavy atom. The van der Waals surface area contributed by atoms with Crippen molar-refractivity contribution in [2.45, 2.75) is 51.1 Å². The van der Waals surface area contributed by atoms with Crippen molar-refractivity contribution >= 4 is 17.2 Å².